The van der Waals surface area contributed by atoms with Gasteiger partial charge in [0.25, 0.3) is 0 Å². The Balaban J connectivity index is 2.02. The Kier molecular flexibility index (Phi) is 6.45. The van der Waals surface area contributed by atoms with Crippen molar-refractivity contribution >= 4 is 0 Å². The Hall–Kier alpha value is -1.19. The summed E-state index contributed by atoms with van der Waals surface area (Å²) in [6.07, 6.45) is 4.69. The first-order chi connectivity index (χ1) is 7.83. The highest BCUT2D eigenvalue weighted by molar-refractivity contribution is 5.12. The lowest BCUT2D eigenvalue weighted by Gasteiger charge is -2.05. The number of nitrogens with one attached hydrogen (secondary N) is 1. The smallest absolute Gasteiger partial charge is 0.0591 e. The first-order valence-electron chi connectivity index (χ1n) is 5.64. The molecule has 0 fully saturated rings. The lowest BCUT2D eigenvalue weighted by atomic mass is 10.2. The Morgan fingerprint density at radius 2 is 2.31 bits per heavy atom. The van der Waals surface area contributed by atoms with Crippen molar-refractivity contribution in [3.63, 3.8) is 0 Å². The molecule has 1 aromatic heterocycles. The van der Waals surface area contributed by atoms with Crippen molar-refractivity contribution in [1.29, 1.82) is 0 Å². The number of nitrogens with zero attached hydrogens (tertiary/aromatic N) is 1. The fourth-order valence-corrected chi connectivity index (χ4v) is 1.25. The number of ether oxygens (including phenoxy) is 1. The van der Waals surface area contributed by atoms with E-state index in [0.29, 0.717) is 0 Å². The standard InChI is InChI=1S/C13H20N2O/c1-3-4-8-16-9-7-14-10-13-6-5-12(2)15-11-13/h3,5-6,11,14H,1,4,7-10H2,2H3. The minimum Gasteiger partial charge on any atom is -0.380 e. The maximum Gasteiger partial charge on any atom is 0.0591 e. The van der Waals surface area contributed by atoms with Crippen molar-refractivity contribution < 1.29 is 4.74 Å². The van der Waals surface area contributed by atoms with Crippen molar-refractivity contribution in [2.45, 2.75) is 19.9 Å². The lowest BCUT2D eigenvalue weighted by molar-refractivity contribution is 0.140. The third kappa shape index (κ3) is 5.63. The molecule has 0 bridgehead atoms. The molecule has 0 amide bonds. The molecule has 0 saturated heterocycles. The second-order valence-electron chi connectivity index (χ2n) is 3.67. The quantitative estimate of drug-likeness (QED) is 0.538. The Morgan fingerprint density at radius 1 is 1.44 bits per heavy atom. The second kappa shape index (κ2) is 8.02. The largest absolute Gasteiger partial charge is 0.380 e. The van der Waals surface area contributed by atoms with E-state index in [2.05, 4.69) is 22.9 Å². The lowest BCUT2D eigenvalue weighted by Crippen LogP contribution is -2.19. The number of pyridine rings is 1. The van der Waals surface area contributed by atoms with E-state index in [1.54, 1.807) is 0 Å². The van der Waals surface area contributed by atoms with E-state index < -0.39 is 0 Å². The average Bonchev–Trinajstić information content (AvgIpc) is 2.30. The minimum atomic E-state index is 0.743. The molecule has 3 heteroatoms. The van der Waals surface area contributed by atoms with Crippen LogP contribution in [0.5, 0.6) is 0 Å². The highest BCUT2D eigenvalue weighted by atomic mass is 16.5. The molecule has 0 aliphatic rings. The average molecular weight is 220 g/mol. The van der Waals surface area contributed by atoms with Gasteiger partial charge in [-0.1, -0.05) is 12.1 Å². The summed E-state index contributed by atoms with van der Waals surface area (Å²) in [5.41, 5.74) is 2.26. The molecular formula is C13H20N2O. The van der Waals surface area contributed by atoms with Crippen LogP contribution in [-0.4, -0.2) is 24.7 Å². The van der Waals surface area contributed by atoms with Crippen molar-refractivity contribution in [3.05, 3.63) is 42.2 Å². The Bertz CT molecular complexity index is 295. The van der Waals surface area contributed by atoms with Crippen molar-refractivity contribution in [2.75, 3.05) is 19.8 Å². The maximum atomic E-state index is 5.38. The van der Waals surface area contributed by atoms with Crippen molar-refractivity contribution in [1.82, 2.24) is 10.3 Å². The van der Waals surface area contributed by atoms with Gasteiger partial charge < -0.3 is 10.1 Å². The van der Waals surface area contributed by atoms with Gasteiger partial charge in [0.2, 0.25) is 0 Å². The molecule has 0 saturated carbocycles. The van der Waals surface area contributed by atoms with Crippen molar-refractivity contribution in [2.24, 2.45) is 0 Å². The summed E-state index contributed by atoms with van der Waals surface area (Å²) in [7, 11) is 0. The predicted octanol–water partition coefficient (Wildman–Crippen LogP) is 2.07. The van der Waals surface area contributed by atoms with E-state index in [1.807, 2.05) is 25.3 Å². The first kappa shape index (κ1) is 12.9. The molecule has 0 radical (unpaired) electrons. The Labute approximate surface area is 97.5 Å². The van der Waals surface area contributed by atoms with Gasteiger partial charge in [-0.15, -0.1) is 6.58 Å². The van der Waals surface area contributed by atoms with Crippen LogP contribution in [0.3, 0.4) is 0 Å². The molecule has 1 aromatic rings. The van der Waals surface area contributed by atoms with Gasteiger partial charge in [0.1, 0.15) is 0 Å². The van der Waals surface area contributed by atoms with Gasteiger partial charge >= 0.3 is 0 Å². The molecule has 0 unspecified atom stereocenters. The molecule has 0 atom stereocenters. The summed E-state index contributed by atoms with van der Waals surface area (Å²) in [5, 5.41) is 3.31. The number of hydrogen-bond acceptors (Lipinski definition) is 3. The highest BCUT2D eigenvalue weighted by Gasteiger charge is 1.93. The summed E-state index contributed by atoms with van der Waals surface area (Å²) in [6, 6.07) is 4.12. The summed E-state index contributed by atoms with van der Waals surface area (Å²) in [6.45, 7) is 8.85. The van der Waals surface area contributed by atoms with E-state index in [9.17, 15) is 0 Å². The van der Waals surface area contributed by atoms with Crippen LogP contribution in [0, 0.1) is 6.92 Å². The molecule has 3 nitrogen and oxygen atoms in total. The van der Waals surface area contributed by atoms with Crippen LogP contribution in [-0.2, 0) is 11.3 Å². The van der Waals surface area contributed by atoms with Crippen LogP contribution in [0.1, 0.15) is 17.7 Å². The number of hydrogen-bond donors (Lipinski definition) is 1. The zero-order chi connectivity index (χ0) is 11.6. The van der Waals surface area contributed by atoms with Crippen LogP contribution in [0.4, 0.5) is 0 Å². The minimum absolute atomic E-state index is 0.743. The van der Waals surface area contributed by atoms with Gasteiger partial charge in [0, 0.05) is 25.0 Å². The zero-order valence-electron chi connectivity index (χ0n) is 9.91. The monoisotopic (exact) mass is 220 g/mol. The van der Waals surface area contributed by atoms with Gasteiger partial charge in [0.15, 0.2) is 0 Å². The van der Waals surface area contributed by atoms with Crippen LogP contribution < -0.4 is 5.32 Å². The van der Waals surface area contributed by atoms with Crippen LogP contribution in [0.25, 0.3) is 0 Å². The molecule has 0 aromatic carbocycles. The SMILES string of the molecule is C=CCCOCCNCc1ccc(C)nc1. The third-order valence-electron chi connectivity index (χ3n) is 2.19. The second-order valence-corrected chi connectivity index (χ2v) is 3.67. The molecule has 0 aliphatic heterocycles. The summed E-state index contributed by atoms with van der Waals surface area (Å²) in [5.74, 6) is 0. The molecular weight excluding hydrogens is 200 g/mol. The number of aromatic nitrogens is 1. The van der Waals surface area contributed by atoms with Crippen molar-refractivity contribution in [3.8, 4) is 0 Å². The summed E-state index contributed by atoms with van der Waals surface area (Å²) >= 11 is 0. The third-order valence-corrected chi connectivity index (χ3v) is 2.19. The van der Waals surface area contributed by atoms with E-state index in [1.165, 1.54) is 5.56 Å². The van der Waals surface area contributed by atoms with E-state index in [-0.39, 0.29) is 0 Å². The number of rotatable bonds is 8. The zero-order valence-corrected chi connectivity index (χ0v) is 9.91. The predicted molar refractivity (Wildman–Crippen MR) is 66.3 cm³/mol. The van der Waals surface area contributed by atoms with Gasteiger partial charge in [-0.25, -0.2) is 0 Å². The fourth-order valence-electron chi connectivity index (χ4n) is 1.25. The number of aryl methyl sites for hydroxylation is 1. The van der Waals surface area contributed by atoms with Crippen LogP contribution >= 0.6 is 0 Å². The molecule has 1 rings (SSSR count). The highest BCUT2D eigenvalue weighted by Crippen LogP contribution is 1.98. The maximum absolute atomic E-state index is 5.38. The summed E-state index contributed by atoms with van der Waals surface area (Å²) in [4.78, 5) is 4.24. The summed E-state index contributed by atoms with van der Waals surface area (Å²) < 4.78 is 5.38. The molecule has 1 heterocycles. The van der Waals surface area contributed by atoms with Crippen LogP contribution in [0.2, 0.25) is 0 Å². The molecule has 0 aliphatic carbocycles. The van der Waals surface area contributed by atoms with Crippen LogP contribution in [0.15, 0.2) is 31.0 Å². The molecule has 88 valence electrons. The first-order valence-corrected chi connectivity index (χ1v) is 5.64. The molecule has 1 N–H and O–H groups in total. The van der Waals surface area contributed by atoms with Gasteiger partial charge in [-0.3, -0.25) is 4.98 Å². The molecule has 0 spiro atoms. The fraction of sp³-hybridized carbons (Fsp3) is 0.462. The normalized spacial score (nSPS) is 10.3. The topological polar surface area (TPSA) is 34.1 Å². The van der Waals surface area contributed by atoms with E-state index >= 15 is 0 Å². The van der Waals surface area contributed by atoms with E-state index in [0.717, 1.165) is 38.4 Å². The Morgan fingerprint density at radius 3 is 3.00 bits per heavy atom. The van der Waals surface area contributed by atoms with Gasteiger partial charge in [0.05, 0.1) is 13.2 Å². The molecule has 16 heavy (non-hydrogen) atoms. The van der Waals surface area contributed by atoms with Gasteiger partial charge in [-0.2, -0.15) is 0 Å². The van der Waals surface area contributed by atoms with E-state index in [4.69, 9.17) is 4.74 Å². The van der Waals surface area contributed by atoms with Gasteiger partial charge in [-0.05, 0) is 25.0 Å².